The molecule has 4 saturated carbocycles. The Morgan fingerprint density at radius 3 is 2.19 bits per heavy atom. The fraction of sp³-hybridized carbons (Fsp3) is 0.636. The molecule has 0 atom stereocenters. The molecule has 1 aromatic carbocycles. The van der Waals surface area contributed by atoms with E-state index in [9.17, 15) is 9.59 Å². The van der Waals surface area contributed by atoms with Crippen molar-refractivity contribution in [3.8, 4) is 0 Å². The lowest BCUT2D eigenvalue weighted by Crippen LogP contribution is -2.48. The summed E-state index contributed by atoms with van der Waals surface area (Å²) in [4.78, 5) is 25.6. The van der Waals surface area contributed by atoms with E-state index in [0.717, 1.165) is 23.5 Å². The summed E-state index contributed by atoms with van der Waals surface area (Å²) >= 11 is 1.72. The van der Waals surface area contributed by atoms with Gasteiger partial charge in [0.1, 0.15) is 0 Å². The van der Waals surface area contributed by atoms with Crippen LogP contribution in [-0.4, -0.2) is 30.7 Å². The Hall–Kier alpha value is -1.49. The molecule has 5 heteroatoms. The van der Waals surface area contributed by atoms with Gasteiger partial charge >= 0.3 is 0 Å². The summed E-state index contributed by atoms with van der Waals surface area (Å²) in [5.41, 5.74) is 0.238. The molecule has 4 fully saturated rings. The summed E-state index contributed by atoms with van der Waals surface area (Å²) in [5.74, 6) is 3.36. The molecule has 0 spiro atoms. The standard InChI is InChI=1S/C22H30N2O2S/c25-20(14-22-11-16-8-17(12-22)10-18(9-16)13-22)24-15-21(26)23-6-7-27-19-4-2-1-3-5-19/h1-5,16-18H,6-15H2,(H,23,26)(H,24,25). The first kappa shape index (κ1) is 18.9. The Balaban J connectivity index is 1.14. The molecule has 1 aromatic rings. The first-order chi connectivity index (χ1) is 13.1. The number of amides is 2. The number of hydrogen-bond donors (Lipinski definition) is 2. The van der Waals surface area contributed by atoms with Gasteiger partial charge in [-0.15, -0.1) is 11.8 Å². The van der Waals surface area contributed by atoms with Gasteiger partial charge in [0.2, 0.25) is 11.8 Å². The zero-order valence-corrected chi connectivity index (χ0v) is 16.7. The smallest absolute Gasteiger partial charge is 0.239 e. The molecule has 0 saturated heterocycles. The third-order valence-electron chi connectivity index (χ3n) is 6.58. The van der Waals surface area contributed by atoms with Crippen molar-refractivity contribution >= 4 is 23.6 Å². The lowest BCUT2D eigenvalue weighted by Gasteiger charge is -2.56. The van der Waals surface area contributed by atoms with E-state index in [-0.39, 0.29) is 23.8 Å². The largest absolute Gasteiger partial charge is 0.354 e. The highest BCUT2D eigenvalue weighted by atomic mass is 32.2. The number of rotatable bonds is 8. The molecule has 2 amide bonds. The molecule has 146 valence electrons. The molecule has 5 rings (SSSR count). The maximum Gasteiger partial charge on any atom is 0.239 e. The first-order valence-corrected chi connectivity index (χ1v) is 11.3. The molecule has 0 heterocycles. The molecule has 4 nitrogen and oxygen atoms in total. The zero-order chi connectivity index (χ0) is 18.7. The maximum atomic E-state index is 12.5. The van der Waals surface area contributed by atoms with Gasteiger partial charge in [0.15, 0.2) is 0 Å². The molecule has 4 bridgehead atoms. The lowest BCUT2D eigenvalue weighted by molar-refractivity contribution is -0.131. The normalized spacial score (nSPS) is 30.9. The summed E-state index contributed by atoms with van der Waals surface area (Å²) in [6.07, 6.45) is 8.49. The Morgan fingerprint density at radius 1 is 0.926 bits per heavy atom. The van der Waals surface area contributed by atoms with Crippen LogP contribution in [0, 0.1) is 23.2 Å². The lowest BCUT2D eigenvalue weighted by atomic mass is 9.49. The highest BCUT2D eigenvalue weighted by molar-refractivity contribution is 7.99. The molecule has 0 aromatic heterocycles. The molecule has 0 radical (unpaired) electrons. The van der Waals surface area contributed by atoms with E-state index in [1.807, 2.05) is 18.2 Å². The highest BCUT2D eigenvalue weighted by Gasteiger charge is 2.51. The van der Waals surface area contributed by atoms with Crippen molar-refractivity contribution in [2.45, 2.75) is 49.8 Å². The summed E-state index contributed by atoms with van der Waals surface area (Å²) < 4.78 is 0. The first-order valence-electron chi connectivity index (χ1n) is 10.3. The second kappa shape index (κ2) is 8.26. The van der Waals surface area contributed by atoms with Gasteiger partial charge in [0.05, 0.1) is 6.54 Å². The van der Waals surface area contributed by atoms with E-state index in [2.05, 4.69) is 22.8 Å². The Kier molecular flexibility index (Phi) is 5.76. The summed E-state index contributed by atoms with van der Waals surface area (Å²) in [6.45, 7) is 0.713. The molecule has 4 aliphatic carbocycles. The van der Waals surface area contributed by atoms with Gasteiger partial charge in [-0.2, -0.15) is 0 Å². The SMILES string of the molecule is O=C(CNC(=O)CC12CC3CC(CC(C3)C1)C2)NCCSc1ccccc1. The van der Waals surface area contributed by atoms with Gasteiger partial charge < -0.3 is 10.6 Å². The van der Waals surface area contributed by atoms with E-state index in [4.69, 9.17) is 0 Å². The van der Waals surface area contributed by atoms with Crippen molar-refractivity contribution in [2.75, 3.05) is 18.8 Å². The van der Waals surface area contributed by atoms with Crippen molar-refractivity contribution < 1.29 is 9.59 Å². The van der Waals surface area contributed by atoms with Crippen LogP contribution in [0.15, 0.2) is 35.2 Å². The van der Waals surface area contributed by atoms with Crippen LogP contribution < -0.4 is 10.6 Å². The van der Waals surface area contributed by atoms with Crippen LogP contribution in [0.2, 0.25) is 0 Å². The minimum Gasteiger partial charge on any atom is -0.354 e. The van der Waals surface area contributed by atoms with Gasteiger partial charge in [-0.3, -0.25) is 9.59 Å². The van der Waals surface area contributed by atoms with Crippen LogP contribution in [0.1, 0.15) is 44.9 Å². The molecule has 0 unspecified atom stereocenters. The molecule has 2 N–H and O–H groups in total. The van der Waals surface area contributed by atoms with Gasteiger partial charge in [0.25, 0.3) is 0 Å². The zero-order valence-electron chi connectivity index (χ0n) is 15.9. The van der Waals surface area contributed by atoms with Crippen LogP contribution in [0.25, 0.3) is 0 Å². The third-order valence-corrected chi connectivity index (χ3v) is 7.60. The highest BCUT2D eigenvalue weighted by Crippen LogP contribution is 2.61. The number of thioether (sulfide) groups is 1. The number of carbonyl (C=O) groups is 2. The van der Waals surface area contributed by atoms with E-state index in [1.54, 1.807) is 11.8 Å². The van der Waals surface area contributed by atoms with Crippen LogP contribution >= 0.6 is 11.8 Å². The number of hydrogen-bond acceptors (Lipinski definition) is 3. The van der Waals surface area contributed by atoms with Crippen LogP contribution in [-0.2, 0) is 9.59 Å². The average Bonchev–Trinajstić information content (AvgIpc) is 2.63. The molecular formula is C22H30N2O2S. The van der Waals surface area contributed by atoms with Gasteiger partial charge in [-0.1, -0.05) is 18.2 Å². The van der Waals surface area contributed by atoms with Crippen molar-refractivity contribution in [1.82, 2.24) is 10.6 Å². The fourth-order valence-corrected chi connectivity index (χ4v) is 6.82. The van der Waals surface area contributed by atoms with Crippen LogP contribution in [0.3, 0.4) is 0 Å². The van der Waals surface area contributed by atoms with Crippen molar-refractivity contribution in [2.24, 2.45) is 23.2 Å². The third kappa shape index (κ3) is 4.87. The summed E-state index contributed by atoms with van der Waals surface area (Å²) in [6, 6.07) is 10.2. The summed E-state index contributed by atoms with van der Waals surface area (Å²) in [7, 11) is 0. The van der Waals surface area contributed by atoms with Crippen molar-refractivity contribution in [3.05, 3.63) is 30.3 Å². The topological polar surface area (TPSA) is 58.2 Å². The molecular weight excluding hydrogens is 356 g/mol. The Labute approximate surface area is 166 Å². The fourth-order valence-electron chi connectivity index (χ4n) is 6.03. The second-order valence-corrected chi connectivity index (χ2v) is 10.1. The van der Waals surface area contributed by atoms with Crippen molar-refractivity contribution in [1.29, 1.82) is 0 Å². The minimum atomic E-state index is -0.0949. The summed E-state index contributed by atoms with van der Waals surface area (Å²) in [5, 5.41) is 5.75. The molecule has 27 heavy (non-hydrogen) atoms. The maximum absolute atomic E-state index is 12.5. The van der Waals surface area contributed by atoms with Crippen LogP contribution in [0.4, 0.5) is 0 Å². The second-order valence-electron chi connectivity index (χ2n) is 8.88. The predicted octanol–water partition coefficient (Wildman–Crippen LogP) is 3.62. The van der Waals surface area contributed by atoms with Gasteiger partial charge in [-0.05, 0) is 73.8 Å². The van der Waals surface area contributed by atoms with Gasteiger partial charge in [-0.25, -0.2) is 0 Å². The van der Waals surface area contributed by atoms with E-state index in [0.29, 0.717) is 13.0 Å². The number of benzene rings is 1. The Bertz CT molecular complexity index is 641. The van der Waals surface area contributed by atoms with Crippen LogP contribution in [0.5, 0.6) is 0 Å². The predicted molar refractivity (Wildman–Crippen MR) is 108 cm³/mol. The molecule has 4 aliphatic rings. The quantitative estimate of drug-likeness (QED) is 0.530. The minimum absolute atomic E-state index is 0.0609. The number of carbonyl (C=O) groups excluding carboxylic acids is 2. The number of nitrogens with one attached hydrogen (secondary N) is 2. The van der Waals surface area contributed by atoms with E-state index < -0.39 is 0 Å². The average molecular weight is 387 g/mol. The monoisotopic (exact) mass is 386 g/mol. The van der Waals surface area contributed by atoms with E-state index in [1.165, 1.54) is 43.4 Å². The van der Waals surface area contributed by atoms with E-state index >= 15 is 0 Å². The van der Waals surface area contributed by atoms with Gasteiger partial charge in [0, 0.05) is 23.6 Å². The van der Waals surface area contributed by atoms with Crippen molar-refractivity contribution in [3.63, 3.8) is 0 Å². The Morgan fingerprint density at radius 2 is 1.56 bits per heavy atom. The molecule has 0 aliphatic heterocycles.